The van der Waals surface area contributed by atoms with Crippen molar-refractivity contribution in [1.29, 1.82) is 0 Å². The van der Waals surface area contributed by atoms with Crippen molar-refractivity contribution in [3.8, 4) is 0 Å². The maximum atomic E-state index is 12.3. The van der Waals surface area contributed by atoms with Crippen molar-refractivity contribution in [2.75, 3.05) is 11.9 Å². The summed E-state index contributed by atoms with van der Waals surface area (Å²) in [7, 11) is 0. The second kappa shape index (κ2) is 6.10. The van der Waals surface area contributed by atoms with Gasteiger partial charge in [0.1, 0.15) is 5.69 Å². The molecule has 0 spiro atoms. The predicted molar refractivity (Wildman–Crippen MR) is 78.3 cm³/mol. The average Bonchev–Trinajstić information content (AvgIpc) is 2.67. The highest BCUT2D eigenvalue weighted by atomic mass is 16.6. The molecular weight excluding hydrogens is 290 g/mol. The molecule has 1 aromatic carbocycles. The maximum absolute atomic E-state index is 12.3. The van der Waals surface area contributed by atoms with E-state index in [0.717, 1.165) is 18.9 Å². The van der Waals surface area contributed by atoms with Gasteiger partial charge in [-0.1, -0.05) is 13.3 Å². The molecule has 1 aromatic rings. The standard InChI is InChI=1S/C14H17N3O5/c1-3-4-5-16-13(19)9-6-11(15-8(2)18)12(17(21)22)7-10(9)14(16)20/h6-7,13,19H,3-5H2,1-2H3,(H,15,18). The largest absolute Gasteiger partial charge is 0.369 e. The van der Waals surface area contributed by atoms with Gasteiger partial charge < -0.3 is 15.3 Å². The molecule has 0 radical (unpaired) electrons. The van der Waals surface area contributed by atoms with Crippen molar-refractivity contribution in [1.82, 2.24) is 4.90 Å². The molecule has 1 aliphatic heterocycles. The van der Waals surface area contributed by atoms with E-state index in [-0.39, 0.29) is 22.5 Å². The lowest BCUT2D eigenvalue weighted by molar-refractivity contribution is -0.384. The number of unbranched alkanes of at least 4 members (excludes halogenated alkanes) is 1. The summed E-state index contributed by atoms with van der Waals surface area (Å²) in [5.74, 6) is -0.905. The molecule has 1 unspecified atom stereocenters. The van der Waals surface area contributed by atoms with E-state index < -0.39 is 23.0 Å². The van der Waals surface area contributed by atoms with Crippen LogP contribution in [0.15, 0.2) is 12.1 Å². The van der Waals surface area contributed by atoms with Crippen LogP contribution in [0.5, 0.6) is 0 Å². The number of nitro groups is 1. The van der Waals surface area contributed by atoms with Gasteiger partial charge in [-0.25, -0.2) is 0 Å². The van der Waals surface area contributed by atoms with Crippen molar-refractivity contribution in [3.63, 3.8) is 0 Å². The lowest BCUT2D eigenvalue weighted by Crippen LogP contribution is -2.28. The number of nitrogens with one attached hydrogen (secondary N) is 1. The second-order valence-electron chi connectivity index (χ2n) is 5.12. The van der Waals surface area contributed by atoms with Crippen molar-refractivity contribution in [3.05, 3.63) is 33.4 Å². The average molecular weight is 307 g/mol. The van der Waals surface area contributed by atoms with Crippen LogP contribution in [0, 0.1) is 10.1 Å². The Bertz CT molecular complexity index is 644. The topological polar surface area (TPSA) is 113 Å². The van der Waals surface area contributed by atoms with Crippen LogP contribution in [0.25, 0.3) is 0 Å². The highest BCUT2D eigenvalue weighted by molar-refractivity contribution is 6.01. The van der Waals surface area contributed by atoms with Gasteiger partial charge in [-0.3, -0.25) is 19.7 Å². The number of nitro benzene ring substituents is 1. The number of carbonyl (C=O) groups excluding carboxylic acids is 2. The molecule has 0 fully saturated rings. The third kappa shape index (κ3) is 2.77. The van der Waals surface area contributed by atoms with E-state index in [9.17, 15) is 24.8 Å². The van der Waals surface area contributed by atoms with E-state index >= 15 is 0 Å². The molecule has 0 saturated heterocycles. The van der Waals surface area contributed by atoms with Crippen molar-refractivity contribution in [2.24, 2.45) is 0 Å². The third-order valence-electron chi connectivity index (χ3n) is 3.49. The van der Waals surface area contributed by atoms with Crippen LogP contribution in [0.4, 0.5) is 11.4 Å². The molecule has 0 aromatic heterocycles. The smallest absolute Gasteiger partial charge is 0.293 e. The fourth-order valence-electron chi connectivity index (χ4n) is 2.43. The van der Waals surface area contributed by atoms with Crippen LogP contribution in [-0.2, 0) is 4.79 Å². The van der Waals surface area contributed by atoms with Gasteiger partial charge in [-0.2, -0.15) is 0 Å². The van der Waals surface area contributed by atoms with Crippen molar-refractivity contribution in [2.45, 2.75) is 32.9 Å². The van der Waals surface area contributed by atoms with E-state index in [1.54, 1.807) is 0 Å². The first kappa shape index (κ1) is 15.9. The Kier molecular flexibility index (Phi) is 4.41. The molecule has 2 amide bonds. The number of rotatable bonds is 5. The van der Waals surface area contributed by atoms with E-state index in [1.165, 1.54) is 17.9 Å². The lowest BCUT2D eigenvalue weighted by atomic mass is 10.1. The normalized spacial score (nSPS) is 16.6. The number of nitrogens with zero attached hydrogens (tertiary/aromatic N) is 2. The molecule has 0 saturated carbocycles. The number of fused-ring (bicyclic) bond motifs is 1. The third-order valence-corrected chi connectivity index (χ3v) is 3.49. The van der Waals surface area contributed by atoms with E-state index in [4.69, 9.17) is 0 Å². The second-order valence-corrected chi connectivity index (χ2v) is 5.12. The van der Waals surface area contributed by atoms with Gasteiger partial charge in [0.25, 0.3) is 11.6 Å². The number of hydrogen-bond acceptors (Lipinski definition) is 5. The van der Waals surface area contributed by atoms with Gasteiger partial charge in [0.2, 0.25) is 5.91 Å². The molecule has 22 heavy (non-hydrogen) atoms. The molecule has 1 atom stereocenters. The fraction of sp³-hybridized carbons (Fsp3) is 0.429. The van der Waals surface area contributed by atoms with Crippen LogP contribution in [-0.4, -0.2) is 33.3 Å². The Balaban J connectivity index is 2.47. The molecule has 118 valence electrons. The van der Waals surface area contributed by atoms with Crippen molar-refractivity contribution < 1.29 is 19.6 Å². The summed E-state index contributed by atoms with van der Waals surface area (Å²) in [5.41, 5.74) is -0.0212. The zero-order chi connectivity index (χ0) is 16.4. The first-order valence-electron chi connectivity index (χ1n) is 6.95. The number of amides is 2. The summed E-state index contributed by atoms with van der Waals surface area (Å²) < 4.78 is 0. The van der Waals surface area contributed by atoms with Crippen LogP contribution in [0.1, 0.15) is 48.8 Å². The summed E-state index contributed by atoms with van der Waals surface area (Å²) in [5, 5.41) is 23.7. The van der Waals surface area contributed by atoms with Gasteiger partial charge in [0.15, 0.2) is 6.23 Å². The molecule has 0 bridgehead atoms. The molecule has 8 heteroatoms. The Morgan fingerprint density at radius 2 is 2.18 bits per heavy atom. The van der Waals surface area contributed by atoms with Gasteiger partial charge in [0.05, 0.1) is 10.5 Å². The molecule has 0 aliphatic carbocycles. The number of anilines is 1. The lowest BCUT2D eigenvalue weighted by Gasteiger charge is -2.20. The molecule has 1 aliphatic rings. The van der Waals surface area contributed by atoms with E-state index in [1.807, 2.05) is 6.92 Å². The molecule has 2 N–H and O–H groups in total. The Hall–Kier alpha value is -2.48. The van der Waals surface area contributed by atoms with E-state index in [0.29, 0.717) is 6.54 Å². The minimum Gasteiger partial charge on any atom is -0.369 e. The zero-order valence-corrected chi connectivity index (χ0v) is 12.3. The van der Waals surface area contributed by atoms with Crippen molar-refractivity contribution >= 4 is 23.2 Å². The van der Waals surface area contributed by atoms with Gasteiger partial charge in [0, 0.05) is 25.1 Å². The molecule has 1 heterocycles. The quantitative estimate of drug-likeness (QED) is 0.636. The fourth-order valence-corrected chi connectivity index (χ4v) is 2.43. The highest BCUT2D eigenvalue weighted by Gasteiger charge is 2.37. The molecular formula is C14H17N3O5. The minimum atomic E-state index is -1.15. The number of carbonyl (C=O) groups is 2. The maximum Gasteiger partial charge on any atom is 0.293 e. The Morgan fingerprint density at radius 1 is 1.50 bits per heavy atom. The van der Waals surface area contributed by atoms with Gasteiger partial charge in [-0.05, 0) is 12.5 Å². The van der Waals surface area contributed by atoms with Crippen LogP contribution >= 0.6 is 0 Å². The summed E-state index contributed by atoms with van der Waals surface area (Å²) in [6.07, 6.45) is 0.420. The van der Waals surface area contributed by atoms with Crippen LogP contribution in [0.2, 0.25) is 0 Å². The Morgan fingerprint density at radius 3 is 2.73 bits per heavy atom. The van der Waals surface area contributed by atoms with Gasteiger partial charge in [-0.15, -0.1) is 0 Å². The highest BCUT2D eigenvalue weighted by Crippen LogP contribution is 2.38. The van der Waals surface area contributed by atoms with Gasteiger partial charge >= 0.3 is 0 Å². The van der Waals surface area contributed by atoms with Crippen LogP contribution in [0.3, 0.4) is 0 Å². The monoisotopic (exact) mass is 307 g/mol. The number of benzene rings is 1. The summed E-state index contributed by atoms with van der Waals surface area (Å²) in [6.45, 7) is 3.56. The summed E-state index contributed by atoms with van der Waals surface area (Å²) >= 11 is 0. The van der Waals surface area contributed by atoms with Crippen LogP contribution < -0.4 is 5.32 Å². The number of hydrogen-bond donors (Lipinski definition) is 2. The number of aliphatic hydroxyl groups is 1. The molecule has 8 nitrogen and oxygen atoms in total. The molecule has 2 rings (SSSR count). The predicted octanol–water partition coefficient (Wildman–Crippen LogP) is 1.80. The zero-order valence-electron chi connectivity index (χ0n) is 12.3. The summed E-state index contributed by atoms with van der Waals surface area (Å²) in [4.78, 5) is 35.2. The summed E-state index contributed by atoms with van der Waals surface area (Å²) in [6, 6.07) is 2.40. The van der Waals surface area contributed by atoms with E-state index in [2.05, 4.69) is 5.32 Å². The number of aliphatic hydroxyl groups excluding tert-OH is 1. The first-order valence-corrected chi connectivity index (χ1v) is 6.95. The Labute approximate surface area is 126 Å². The SMILES string of the molecule is CCCCN1C(=O)c2cc([N+](=O)[O-])c(NC(C)=O)cc2C1O. The first-order chi connectivity index (χ1) is 10.4. The minimum absolute atomic E-state index is 0.0274.